The molecule has 104 valence electrons. The molecule has 0 heterocycles. The Balaban J connectivity index is 1.84. The summed E-state index contributed by atoms with van der Waals surface area (Å²) in [5.74, 6) is 0.891. The van der Waals surface area contributed by atoms with E-state index in [0.29, 0.717) is 22.0 Å². The largest absolute Gasteiger partial charge is 0.306 e. The molecule has 0 amide bonds. The Morgan fingerprint density at radius 2 is 2.11 bits per heavy atom. The zero-order chi connectivity index (χ0) is 13.8. The summed E-state index contributed by atoms with van der Waals surface area (Å²) in [7, 11) is 2.07. The molecule has 0 aliphatic heterocycles. The SMILES string of the molecule is CN(CCC(=O)c1cccc(Cl)c1Cl)CC1CCC1. The van der Waals surface area contributed by atoms with Gasteiger partial charge in [-0.3, -0.25) is 4.79 Å². The predicted molar refractivity (Wildman–Crippen MR) is 80.2 cm³/mol. The molecule has 2 rings (SSSR count). The molecule has 0 aromatic heterocycles. The highest BCUT2D eigenvalue weighted by atomic mass is 35.5. The average Bonchev–Trinajstić information content (AvgIpc) is 2.34. The number of hydrogen-bond donors (Lipinski definition) is 0. The number of rotatable bonds is 6. The molecule has 1 aromatic rings. The van der Waals surface area contributed by atoms with Crippen molar-refractivity contribution in [1.29, 1.82) is 0 Å². The Labute approximate surface area is 124 Å². The second-order valence-corrected chi connectivity index (χ2v) is 6.12. The van der Waals surface area contributed by atoms with Crippen molar-refractivity contribution in [2.75, 3.05) is 20.1 Å². The summed E-state index contributed by atoms with van der Waals surface area (Å²) in [6, 6.07) is 5.20. The fraction of sp³-hybridized carbons (Fsp3) is 0.533. The lowest BCUT2D eigenvalue weighted by molar-refractivity contribution is 0.0961. The topological polar surface area (TPSA) is 20.3 Å². The Hall–Kier alpha value is -0.570. The minimum atomic E-state index is 0.0629. The number of benzene rings is 1. The van der Waals surface area contributed by atoms with Gasteiger partial charge in [-0.15, -0.1) is 0 Å². The third-order valence-corrected chi connectivity index (χ3v) is 4.59. The van der Waals surface area contributed by atoms with Gasteiger partial charge in [0, 0.05) is 25.1 Å². The van der Waals surface area contributed by atoms with Gasteiger partial charge in [0.05, 0.1) is 10.0 Å². The maximum atomic E-state index is 12.1. The molecule has 2 nitrogen and oxygen atoms in total. The summed E-state index contributed by atoms with van der Waals surface area (Å²) >= 11 is 12.0. The number of halogens is 2. The molecular formula is C15H19Cl2NO. The van der Waals surface area contributed by atoms with Gasteiger partial charge in [0.25, 0.3) is 0 Å². The summed E-state index contributed by atoms with van der Waals surface area (Å²) < 4.78 is 0. The van der Waals surface area contributed by atoms with Gasteiger partial charge in [-0.2, -0.15) is 0 Å². The van der Waals surface area contributed by atoms with Gasteiger partial charge in [0.2, 0.25) is 0 Å². The fourth-order valence-corrected chi connectivity index (χ4v) is 2.76. The minimum Gasteiger partial charge on any atom is -0.306 e. The van der Waals surface area contributed by atoms with Crippen molar-refractivity contribution in [2.45, 2.75) is 25.7 Å². The molecule has 0 bridgehead atoms. The molecular weight excluding hydrogens is 281 g/mol. The van der Waals surface area contributed by atoms with E-state index >= 15 is 0 Å². The highest BCUT2D eigenvalue weighted by Crippen LogP contribution is 2.28. The third-order valence-electron chi connectivity index (χ3n) is 3.77. The van der Waals surface area contributed by atoms with E-state index in [2.05, 4.69) is 11.9 Å². The summed E-state index contributed by atoms with van der Waals surface area (Å²) in [4.78, 5) is 14.4. The molecule has 1 aliphatic rings. The third kappa shape index (κ3) is 3.95. The molecule has 1 fully saturated rings. The second-order valence-electron chi connectivity index (χ2n) is 5.33. The first-order chi connectivity index (χ1) is 9.08. The molecule has 1 aromatic carbocycles. The Morgan fingerprint density at radius 1 is 1.37 bits per heavy atom. The van der Waals surface area contributed by atoms with Crippen LogP contribution in [0.5, 0.6) is 0 Å². The number of carbonyl (C=O) groups is 1. The van der Waals surface area contributed by atoms with Crippen LogP contribution in [0.15, 0.2) is 18.2 Å². The van der Waals surface area contributed by atoms with E-state index in [9.17, 15) is 4.79 Å². The smallest absolute Gasteiger partial charge is 0.165 e. The molecule has 1 saturated carbocycles. The van der Waals surface area contributed by atoms with Gasteiger partial charge >= 0.3 is 0 Å². The first-order valence-electron chi connectivity index (χ1n) is 6.73. The van der Waals surface area contributed by atoms with Crippen molar-refractivity contribution in [2.24, 2.45) is 5.92 Å². The van der Waals surface area contributed by atoms with Crippen molar-refractivity contribution < 1.29 is 4.79 Å². The van der Waals surface area contributed by atoms with Crippen molar-refractivity contribution in [3.63, 3.8) is 0 Å². The maximum Gasteiger partial charge on any atom is 0.165 e. The molecule has 0 saturated heterocycles. The van der Waals surface area contributed by atoms with Gasteiger partial charge < -0.3 is 4.90 Å². The lowest BCUT2D eigenvalue weighted by Crippen LogP contribution is -2.31. The number of ketones is 1. The van der Waals surface area contributed by atoms with Crippen molar-refractivity contribution in [3.8, 4) is 0 Å². The second kappa shape index (κ2) is 6.74. The van der Waals surface area contributed by atoms with E-state index in [1.54, 1.807) is 18.2 Å². The standard InChI is InChI=1S/C15H19Cl2NO/c1-18(10-11-4-2-5-11)9-8-14(19)12-6-3-7-13(16)15(12)17/h3,6-7,11H,2,4-5,8-10H2,1H3. The lowest BCUT2D eigenvalue weighted by Gasteiger charge is -2.30. The van der Waals surface area contributed by atoms with Crippen LogP contribution >= 0.6 is 23.2 Å². The summed E-state index contributed by atoms with van der Waals surface area (Å²) in [5, 5.41) is 0.811. The average molecular weight is 300 g/mol. The number of nitrogens with zero attached hydrogens (tertiary/aromatic N) is 1. The van der Waals surface area contributed by atoms with E-state index < -0.39 is 0 Å². The normalized spacial score (nSPS) is 15.6. The minimum absolute atomic E-state index is 0.0629. The summed E-state index contributed by atoms with van der Waals surface area (Å²) in [5.41, 5.74) is 0.534. The van der Waals surface area contributed by atoms with Gasteiger partial charge in [0.15, 0.2) is 5.78 Å². The molecule has 0 radical (unpaired) electrons. The molecule has 0 N–H and O–H groups in total. The maximum absolute atomic E-state index is 12.1. The molecule has 19 heavy (non-hydrogen) atoms. The van der Waals surface area contributed by atoms with Crippen LogP contribution in [0.3, 0.4) is 0 Å². The zero-order valence-electron chi connectivity index (χ0n) is 11.2. The zero-order valence-corrected chi connectivity index (χ0v) is 12.7. The monoisotopic (exact) mass is 299 g/mol. The Morgan fingerprint density at radius 3 is 2.74 bits per heavy atom. The van der Waals surface area contributed by atoms with Gasteiger partial charge in [0.1, 0.15) is 0 Å². The van der Waals surface area contributed by atoms with Crippen molar-refractivity contribution in [3.05, 3.63) is 33.8 Å². The van der Waals surface area contributed by atoms with E-state index in [-0.39, 0.29) is 5.78 Å². The molecule has 0 atom stereocenters. The quantitative estimate of drug-likeness (QED) is 0.730. The van der Waals surface area contributed by atoms with Crippen LogP contribution in [-0.2, 0) is 0 Å². The number of hydrogen-bond acceptors (Lipinski definition) is 2. The Bertz CT molecular complexity index is 457. The first kappa shape index (κ1) is 14.8. The van der Waals surface area contributed by atoms with Crippen LogP contribution < -0.4 is 0 Å². The van der Waals surface area contributed by atoms with Crippen LogP contribution in [0, 0.1) is 5.92 Å². The van der Waals surface area contributed by atoms with Crippen LogP contribution in [0.1, 0.15) is 36.0 Å². The van der Waals surface area contributed by atoms with E-state index in [0.717, 1.165) is 19.0 Å². The number of Topliss-reactive ketones (excluding diaryl/α,β-unsaturated/α-hetero) is 1. The highest BCUT2D eigenvalue weighted by molar-refractivity contribution is 6.43. The van der Waals surface area contributed by atoms with Crippen molar-refractivity contribution in [1.82, 2.24) is 4.90 Å². The van der Waals surface area contributed by atoms with Gasteiger partial charge in [-0.25, -0.2) is 0 Å². The van der Waals surface area contributed by atoms with Crippen molar-refractivity contribution >= 4 is 29.0 Å². The van der Waals surface area contributed by atoms with E-state index in [4.69, 9.17) is 23.2 Å². The van der Waals surface area contributed by atoms with Crippen LogP contribution in [0.4, 0.5) is 0 Å². The summed E-state index contributed by atoms with van der Waals surface area (Å²) in [6.07, 6.45) is 4.51. The van der Waals surface area contributed by atoms with Gasteiger partial charge in [-0.1, -0.05) is 35.7 Å². The molecule has 4 heteroatoms. The van der Waals surface area contributed by atoms with Crippen LogP contribution in [0.2, 0.25) is 10.0 Å². The molecule has 0 unspecified atom stereocenters. The van der Waals surface area contributed by atoms with Gasteiger partial charge in [-0.05, 0) is 37.9 Å². The van der Waals surface area contributed by atoms with Crippen LogP contribution in [-0.4, -0.2) is 30.8 Å². The highest BCUT2D eigenvalue weighted by Gasteiger charge is 2.19. The lowest BCUT2D eigenvalue weighted by atomic mass is 9.85. The summed E-state index contributed by atoms with van der Waals surface area (Å²) in [6.45, 7) is 1.87. The first-order valence-corrected chi connectivity index (χ1v) is 7.49. The predicted octanol–water partition coefficient (Wildman–Crippen LogP) is 4.30. The molecule has 0 spiro atoms. The number of carbonyl (C=O) groups excluding carboxylic acids is 1. The van der Waals surface area contributed by atoms with Crippen LogP contribution in [0.25, 0.3) is 0 Å². The Kier molecular flexibility index (Phi) is 5.26. The fourth-order valence-electron chi connectivity index (χ4n) is 2.35. The van der Waals surface area contributed by atoms with E-state index in [1.165, 1.54) is 19.3 Å². The molecule has 1 aliphatic carbocycles. The van der Waals surface area contributed by atoms with E-state index in [1.807, 2.05) is 0 Å².